The lowest BCUT2D eigenvalue weighted by molar-refractivity contribution is 0.0928. The Labute approximate surface area is 127 Å². The molecular formula is C15H20BrNOS. The highest BCUT2D eigenvalue weighted by atomic mass is 79.9. The first-order chi connectivity index (χ1) is 9.10. The Hall–Kier alpha value is -0.480. The third kappa shape index (κ3) is 3.99. The van der Waals surface area contributed by atoms with Crippen molar-refractivity contribution >= 4 is 33.6 Å². The van der Waals surface area contributed by atoms with E-state index in [1.807, 2.05) is 36.9 Å². The first kappa shape index (κ1) is 14.9. The molecule has 2 nitrogen and oxygen atoms in total. The van der Waals surface area contributed by atoms with Crippen LogP contribution in [0.3, 0.4) is 0 Å². The summed E-state index contributed by atoms with van der Waals surface area (Å²) < 4.78 is 0.953. The standard InChI is InChI=1S/C15H20BrNOS/c1-10-6-7-11(16)8-14(10)15(18)17-12-4-3-5-13(9-12)19-2/h6-8,12-13H,3-5,9H2,1-2H3,(H,17,18). The summed E-state index contributed by atoms with van der Waals surface area (Å²) in [5.74, 6) is 0.0607. The fraction of sp³-hybridized carbons (Fsp3) is 0.533. The molecule has 1 aromatic rings. The first-order valence-corrected chi connectivity index (χ1v) is 8.78. The van der Waals surface area contributed by atoms with Crippen molar-refractivity contribution in [2.45, 2.75) is 43.9 Å². The van der Waals surface area contributed by atoms with Gasteiger partial charge < -0.3 is 5.32 Å². The number of halogens is 1. The second kappa shape index (κ2) is 6.80. The Bertz CT molecular complexity index is 463. The molecule has 1 aliphatic carbocycles. The Morgan fingerprint density at radius 3 is 2.95 bits per heavy atom. The van der Waals surface area contributed by atoms with Gasteiger partial charge in [0.05, 0.1) is 0 Å². The minimum atomic E-state index is 0.0607. The number of rotatable bonds is 3. The molecule has 0 bridgehead atoms. The number of amides is 1. The summed E-state index contributed by atoms with van der Waals surface area (Å²) >= 11 is 5.35. The molecular weight excluding hydrogens is 322 g/mol. The van der Waals surface area contributed by atoms with E-state index >= 15 is 0 Å². The Kier molecular flexibility index (Phi) is 5.34. The van der Waals surface area contributed by atoms with E-state index in [0.29, 0.717) is 11.3 Å². The largest absolute Gasteiger partial charge is 0.349 e. The molecule has 2 unspecified atom stereocenters. The first-order valence-electron chi connectivity index (χ1n) is 6.70. The number of benzene rings is 1. The van der Waals surface area contributed by atoms with Crippen LogP contribution in [0.5, 0.6) is 0 Å². The van der Waals surface area contributed by atoms with Crippen LogP contribution in [0.2, 0.25) is 0 Å². The molecule has 1 amide bonds. The molecule has 104 valence electrons. The van der Waals surface area contributed by atoms with Crippen molar-refractivity contribution in [1.29, 1.82) is 0 Å². The van der Waals surface area contributed by atoms with Crippen LogP contribution in [0.15, 0.2) is 22.7 Å². The van der Waals surface area contributed by atoms with Gasteiger partial charge in [-0.15, -0.1) is 0 Å². The van der Waals surface area contributed by atoms with Crippen LogP contribution in [-0.2, 0) is 0 Å². The van der Waals surface area contributed by atoms with Crippen molar-refractivity contribution in [1.82, 2.24) is 5.32 Å². The summed E-state index contributed by atoms with van der Waals surface area (Å²) in [7, 11) is 0. The molecule has 0 spiro atoms. The van der Waals surface area contributed by atoms with Crippen molar-refractivity contribution in [2.75, 3.05) is 6.26 Å². The highest BCUT2D eigenvalue weighted by Gasteiger charge is 2.23. The lowest BCUT2D eigenvalue weighted by Crippen LogP contribution is -2.39. The number of aryl methyl sites for hydroxylation is 1. The summed E-state index contributed by atoms with van der Waals surface area (Å²) in [4.78, 5) is 12.3. The van der Waals surface area contributed by atoms with Crippen LogP contribution in [0.25, 0.3) is 0 Å². The molecule has 0 saturated heterocycles. The maximum Gasteiger partial charge on any atom is 0.251 e. The summed E-state index contributed by atoms with van der Waals surface area (Å²) in [6.07, 6.45) is 6.86. The Morgan fingerprint density at radius 2 is 2.21 bits per heavy atom. The number of carbonyl (C=O) groups is 1. The number of hydrogen-bond donors (Lipinski definition) is 1. The SMILES string of the molecule is CSC1CCCC(NC(=O)c2cc(Br)ccc2C)C1. The van der Waals surface area contributed by atoms with Gasteiger partial charge in [0.15, 0.2) is 0 Å². The van der Waals surface area contributed by atoms with E-state index in [9.17, 15) is 4.79 Å². The minimum Gasteiger partial charge on any atom is -0.349 e. The van der Waals surface area contributed by atoms with E-state index in [-0.39, 0.29) is 5.91 Å². The molecule has 19 heavy (non-hydrogen) atoms. The van der Waals surface area contributed by atoms with Gasteiger partial charge in [-0.1, -0.05) is 28.4 Å². The molecule has 1 N–H and O–H groups in total. The van der Waals surface area contributed by atoms with Crippen molar-refractivity contribution in [3.05, 3.63) is 33.8 Å². The van der Waals surface area contributed by atoms with Crippen LogP contribution in [0, 0.1) is 6.92 Å². The number of thioether (sulfide) groups is 1. The molecule has 0 radical (unpaired) electrons. The van der Waals surface area contributed by atoms with E-state index in [1.165, 1.54) is 12.8 Å². The third-order valence-corrected chi connectivity index (χ3v) is 5.33. The summed E-state index contributed by atoms with van der Waals surface area (Å²) in [6.45, 7) is 1.98. The molecule has 4 heteroatoms. The second-order valence-electron chi connectivity index (χ2n) is 5.15. The van der Waals surface area contributed by atoms with Gasteiger partial charge in [0.25, 0.3) is 5.91 Å². The number of nitrogens with one attached hydrogen (secondary N) is 1. The quantitative estimate of drug-likeness (QED) is 0.894. The van der Waals surface area contributed by atoms with Crippen LogP contribution in [0.4, 0.5) is 0 Å². The van der Waals surface area contributed by atoms with Gasteiger partial charge >= 0.3 is 0 Å². The van der Waals surface area contributed by atoms with Crippen LogP contribution in [-0.4, -0.2) is 23.5 Å². The van der Waals surface area contributed by atoms with Crippen LogP contribution >= 0.6 is 27.7 Å². The predicted molar refractivity (Wildman–Crippen MR) is 85.9 cm³/mol. The highest BCUT2D eigenvalue weighted by Crippen LogP contribution is 2.27. The van der Waals surface area contributed by atoms with Gasteiger partial charge in [-0.3, -0.25) is 4.79 Å². The summed E-state index contributed by atoms with van der Waals surface area (Å²) in [6, 6.07) is 6.18. The molecule has 1 fully saturated rings. The van der Waals surface area contributed by atoms with Gasteiger partial charge in [-0.2, -0.15) is 11.8 Å². The van der Waals surface area contributed by atoms with E-state index in [1.54, 1.807) is 0 Å². The lowest BCUT2D eigenvalue weighted by Gasteiger charge is -2.28. The topological polar surface area (TPSA) is 29.1 Å². The predicted octanol–water partition coefficient (Wildman–Crippen LogP) is 4.16. The summed E-state index contributed by atoms with van der Waals surface area (Å²) in [5, 5.41) is 3.89. The zero-order chi connectivity index (χ0) is 13.8. The van der Waals surface area contributed by atoms with E-state index in [2.05, 4.69) is 27.5 Å². The van der Waals surface area contributed by atoms with Gasteiger partial charge in [0.2, 0.25) is 0 Å². The van der Waals surface area contributed by atoms with E-state index < -0.39 is 0 Å². The van der Waals surface area contributed by atoms with Gasteiger partial charge in [0, 0.05) is 21.3 Å². The summed E-state index contributed by atoms with van der Waals surface area (Å²) in [5.41, 5.74) is 1.80. The van der Waals surface area contributed by atoms with Crippen molar-refractivity contribution in [2.24, 2.45) is 0 Å². The van der Waals surface area contributed by atoms with Crippen molar-refractivity contribution in [3.63, 3.8) is 0 Å². The van der Waals surface area contributed by atoms with Crippen LogP contribution < -0.4 is 5.32 Å². The number of carbonyl (C=O) groups excluding carboxylic acids is 1. The monoisotopic (exact) mass is 341 g/mol. The Balaban J connectivity index is 2.02. The Morgan fingerprint density at radius 1 is 1.42 bits per heavy atom. The molecule has 2 atom stereocenters. The highest BCUT2D eigenvalue weighted by molar-refractivity contribution is 9.10. The van der Waals surface area contributed by atoms with Crippen LogP contribution in [0.1, 0.15) is 41.6 Å². The van der Waals surface area contributed by atoms with Gasteiger partial charge in [-0.25, -0.2) is 0 Å². The molecule has 1 aliphatic rings. The molecule has 0 aliphatic heterocycles. The fourth-order valence-corrected chi connectivity index (χ4v) is 3.78. The third-order valence-electron chi connectivity index (χ3n) is 3.74. The number of hydrogen-bond acceptors (Lipinski definition) is 2. The average Bonchev–Trinajstić information content (AvgIpc) is 2.41. The van der Waals surface area contributed by atoms with Crippen molar-refractivity contribution < 1.29 is 4.79 Å². The van der Waals surface area contributed by atoms with Gasteiger partial charge in [-0.05, 0) is 50.1 Å². The maximum atomic E-state index is 12.3. The van der Waals surface area contributed by atoms with Crippen molar-refractivity contribution in [3.8, 4) is 0 Å². The minimum absolute atomic E-state index is 0.0607. The molecule has 2 rings (SSSR count). The fourth-order valence-electron chi connectivity index (χ4n) is 2.59. The van der Waals surface area contributed by atoms with E-state index in [4.69, 9.17) is 0 Å². The molecule has 1 saturated carbocycles. The molecule has 1 aromatic carbocycles. The second-order valence-corrected chi connectivity index (χ2v) is 7.21. The zero-order valence-electron chi connectivity index (χ0n) is 11.4. The molecule has 0 aromatic heterocycles. The zero-order valence-corrected chi connectivity index (χ0v) is 13.8. The van der Waals surface area contributed by atoms with Gasteiger partial charge in [0.1, 0.15) is 0 Å². The normalized spacial score (nSPS) is 23.1. The lowest BCUT2D eigenvalue weighted by atomic mass is 9.94. The average molecular weight is 342 g/mol. The maximum absolute atomic E-state index is 12.3. The molecule has 0 heterocycles. The smallest absolute Gasteiger partial charge is 0.251 e. The van der Waals surface area contributed by atoms with E-state index in [0.717, 1.165) is 28.4 Å².